The van der Waals surface area contributed by atoms with Gasteiger partial charge in [-0.2, -0.15) is 0 Å². The predicted octanol–water partition coefficient (Wildman–Crippen LogP) is 1.96. The van der Waals surface area contributed by atoms with E-state index >= 15 is 0 Å². The van der Waals surface area contributed by atoms with E-state index in [-0.39, 0.29) is 5.56 Å². The third kappa shape index (κ3) is 1.18. The molecule has 0 aliphatic carbocycles. The van der Waals surface area contributed by atoms with Gasteiger partial charge < -0.3 is 5.41 Å². The fourth-order valence-corrected chi connectivity index (χ4v) is 0.619. The lowest BCUT2D eigenvalue weighted by Gasteiger charge is -1.92. The minimum atomic E-state index is -0.699. The molecule has 0 fully saturated rings. The first-order chi connectivity index (χ1) is 4.74. The Morgan fingerprint density at radius 1 is 1.30 bits per heavy atom. The lowest BCUT2D eigenvalue weighted by atomic mass is 10.2. The maximum absolute atomic E-state index is 12.5. The summed E-state index contributed by atoms with van der Waals surface area (Å²) in [5.41, 5.74) is 0.0985. The van der Waals surface area contributed by atoms with Gasteiger partial charge in [0.05, 0.1) is 0 Å². The van der Waals surface area contributed by atoms with Crippen LogP contribution in [0.4, 0.5) is 8.78 Å². The Bertz CT molecular complexity index is 258. The van der Waals surface area contributed by atoms with Crippen LogP contribution in [0.5, 0.6) is 0 Å². The van der Waals surface area contributed by atoms with Gasteiger partial charge in [0.2, 0.25) is 0 Å². The summed E-state index contributed by atoms with van der Waals surface area (Å²) in [6, 6.07) is 3.08. The van der Waals surface area contributed by atoms with Crippen LogP contribution in [-0.4, -0.2) is 6.21 Å². The van der Waals surface area contributed by atoms with E-state index in [4.69, 9.17) is 5.41 Å². The third-order valence-corrected chi connectivity index (χ3v) is 1.12. The fourth-order valence-electron chi connectivity index (χ4n) is 0.619. The van der Waals surface area contributed by atoms with E-state index in [1.807, 2.05) is 0 Å². The lowest BCUT2D eigenvalue weighted by Crippen LogP contribution is -1.87. The van der Waals surface area contributed by atoms with Gasteiger partial charge in [-0.3, -0.25) is 0 Å². The molecule has 0 atom stereocenters. The minimum Gasteiger partial charge on any atom is -0.308 e. The van der Waals surface area contributed by atoms with Crippen molar-refractivity contribution in [2.24, 2.45) is 0 Å². The van der Waals surface area contributed by atoms with Gasteiger partial charge >= 0.3 is 0 Å². The van der Waals surface area contributed by atoms with E-state index in [9.17, 15) is 8.78 Å². The molecule has 1 N–H and O–H groups in total. The summed E-state index contributed by atoms with van der Waals surface area (Å²) in [6.45, 7) is 0. The van der Waals surface area contributed by atoms with Gasteiger partial charge in [0, 0.05) is 17.8 Å². The molecule has 0 saturated carbocycles. The first-order valence-electron chi connectivity index (χ1n) is 2.69. The van der Waals surface area contributed by atoms with Crippen LogP contribution in [-0.2, 0) is 0 Å². The molecule has 3 heteroatoms. The van der Waals surface area contributed by atoms with Crippen molar-refractivity contribution in [1.82, 2.24) is 0 Å². The highest BCUT2D eigenvalue weighted by Crippen LogP contribution is 2.06. The number of hydrogen-bond donors (Lipinski definition) is 1. The van der Waals surface area contributed by atoms with Crippen molar-refractivity contribution >= 4 is 6.21 Å². The van der Waals surface area contributed by atoms with E-state index in [0.717, 1.165) is 18.3 Å². The molecule has 1 nitrogen and oxygen atoms in total. The summed E-state index contributed by atoms with van der Waals surface area (Å²) in [6.07, 6.45) is 0.842. The number of benzene rings is 1. The maximum atomic E-state index is 12.5. The first kappa shape index (κ1) is 6.86. The molecule has 0 radical (unpaired) electrons. The molecule has 52 valence electrons. The van der Waals surface area contributed by atoms with Crippen LogP contribution in [0.15, 0.2) is 18.2 Å². The monoisotopic (exact) mass is 141 g/mol. The molecule has 0 heterocycles. The van der Waals surface area contributed by atoms with E-state index in [1.54, 1.807) is 0 Å². The molecule has 0 bridgehead atoms. The highest BCUT2D eigenvalue weighted by atomic mass is 19.1. The van der Waals surface area contributed by atoms with Crippen LogP contribution in [0.1, 0.15) is 5.56 Å². The average molecular weight is 141 g/mol. The molecule has 1 rings (SSSR count). The maximum Gasteiger partial charge on any atom is 0.134 e. The summed E-state index contributed by atoms with van der Waals surface area (Å²) in [7, 11) is 0. The molecule has 0 aliphatic heterocycles. The van der Waals surface area contributed by atoms with Gasteiger partial charge in [-0.25, -0.2) is 8.78 Å². The quantitative estimate of drug-likeness (QED) is 0.578. The van der Waals surface area contributed by atoms with Gasteiger partial charge in [-0.05, 0) is 12.1 Å². The normalized spacial score (nSPS) is 9.40. The second-order valence-electron chi connectivity index (χ2n) is 1.81. The summed E-state index contributed by atoms with van der Waals surface area (Å²) >= 11 is 0. The van der Waals surface area contributed by atoms with Crippen molar-refractivity contribution < 1.29 is 8.78 Å². The van der Waals surface area contributed by atoms with Crippen LogP contribution < -0.4 is 0 Å². The minimum absolute atomic E-state index is 0.0985. The van der Waals surface area contributed by atoms with E-state index < -0.39 is 11.6 Å². The van der Waals surface area contributed by atoms with Crippen molar-refractivity contribution in [1.29, 1.82) is 5.41 Å². The Labute approximate surface area is 56.8 Å². The lowest BCUT2D eigenvalue weighted by molar-refractivity contribution is 0.582. The number of halogens is 2. The summed E-state index contributed by atoms with van der Waals surface area (Å²) in [5.74, 6) is -1.32. The molecule has 1 aromatic carbocycles. The average Bonchev–Trinajstić information content (AvgIpc) is 1.88. The smallest absolute Gasteiger partial charge is 0.134 e. The zero-order chi connectivity index (χ0) is 7.56. The van der Waals surface area contributed by atoms with Crippen LogP contribution >= 0.6 is 0 Å². The Morgan fingerprint density at radius 3 is 2.50 bits per heavy atom. The van der Waals surface area contributed by atoms with Crippen LogP contribution in [0.3, 0.4) is 0 Å². The molecule has 0 spiro atoms. The van der Waals surface area contributed by atoms with Gasteiger partial charge in [-0.15, -0.1) is 0 Å². The number of rotatable bonds is 1. The standard InChI is InChI=1S/C7H5F2N/c8-6-2-1-5(4-10)7(9)3-6/h1-4,10H. The first-order valence-corrected chi connectivity index (χ1v) is 2.69. The molecule has 0 saturated heterocycles. The fraction of sp³-hybridized carbons (Fsp3) is 0. The molecular weight excluding hydrogens is 136 g/mol. The van der Waals surface area contributed by atoms with Gasteiger partial charge in [0.15, 0.2) is 0 Å². The van der Waals surface area contributed by atoms with E-state index in [1.165, 1.54) is 6.07 Å². The molecule has 10 heavy (non-hydrogen) atoms. The van der Waals surface area contributed by atoms with Crippen molar-refractivity contribution in [2.45, 2.75) is 0 Å². The van der Waals surface area contributed by atoms with Crippen LogP contribution in [0, 0.1) is 17.0 Å². The Morgan fingerprint density at radius 2 is 2.00 bits per heavy atom. The second-order valence-corrected chi connectivity index (χ2v) is 1.81. The van der Waals surface area contributed by atoms with Crippen LogP contribution in [0.25, 0.3) is 0 Å². The van der Waals surface area contributed by atoms with Crippen molar-refractivity contribution in [2.75, 3.05) is 0 Å². The van der Waals surface area contributed by atoms with E-state index in [0.29, 0.717) is 0 Å². The third-order valence-electron chi connectivity index (χ3n) is 1.12. The van der Waals surface area contributed by atoms with Gasteiger partial charge in [-0.1, -0.05) is 0 Å². The Kier molecular flexibility index (Phi) is 1.76. The summed E-state index contributed by atoms with van der Waals surface area (Å²) < 4.78 is 24.6. The molecule has 0 aromatic heterocycles. The van der Waals surface area contributed by atoms with Crippen molar-refractivity contribution in [3.63, 3.8) is 0 Å². The number of hydrogen-bond acceptors (Lipinski definition) is 1. The molecule has 0 aliphatic rings. The molecule has 0 amide bonds. The topological polar surface area (TPSA) is 23.9 Å². The highest BCUT2D eigenvalue weighted by molar-refractivity contribution is 5.77. The highest BCUT2D eigenvalue weighted by Gasteiger charge is 1.98. The predicted molar refractivity (Wildman–Crippen MR) is 34.2 cm³/mol. The molecular formula is C7H5F2N. The molecule has 0 unspecified atom stereocenters. The van der Waals surface area contributed by atoms with Crippen molar-refractivity contribution in [3.8, 4) is 0 Å². The van der Waals surface area contributed by atoms with Gasteiger partial charge in [0.25, 0.3) is 0 Å². The second kappa shape index (κ2) is 2.56. The summed E-state index contributed by atoms with van der Waals surface area (Å²) in [5, 5.41) is 6.67. The zero-order valence-electron chi connectivity index (χ0n) is 5.07. The number of nitrogens with one attached hydrogen (secondary N) is 1. The molecule has 1 aromatic rings. The zero-order valence-corrected chi connectivity index (χ0v) is 5.07. The van der Waals surface area contributed by atoms with E-state index in [2.05, 4.69) is 0 Å². The summed E-state index contributed by atoms with van der Waals surface area (Å²) in [4.78, 5) is 0. The van der Waals surface area contributed by atoms with Gasteiger partial charge in [0.1, 0.15) is 11.6 Å². The van der Waals surface area contributed by atoms with Crippen LogP contribution in [0.2, 0.25) is 0 Å². The SMILES string of the molecule is N=Cc1ccc(F)cc1F. The largest absolute Gasteiger partial charge is 0.308 e. The Hall–Kier alpha value is -1.25. The van der Waals surface area contributed by atoms with Crippen molar-refractivity contribution in [3.05, 3.63) is 35.4 Å². The Balaban J connectivity index is 3.19.